The Kier molecular flexibility index (Phi) is 7.09. The summed E-state index contributed by atoms with van der Waals surface area (Å²) in [4.78, 5) is 11.2. The molecule has 0 unspecified atom stereocenters. The fourth-order valence-corrected chi connectivity index (χ4v) is 1.86. The normalized spacial score (nSPS) is 10.7. The molecule has 2 N–H and O–H groups in total. The van der Waals surface area contributed by atoms with E-state index in [1.807, 2.05) is 12.1 Å². The van der Waals surface area contributed by atoms with Crippen molar-refractivity contribution in [3.63, 3.8) is 0 Å². The number of nitrogens with one attached hydrogen (secondary N) is 2. The van der Waals surface area contributed by atoms with E-state index in [4.69, 9.17) is 4.74 Å². The number of aryl methyl sites for hydroxylation is 1. The van der Waals surface area contributed by atoms with Crippen LogP contribution in [0.15, 0.2) is 18.2 Å². The van der Waals surface area contributed by atoms with Gasteiger partial charge in [0.05, 0.1) is 13.0 Å². The van der Waals surface area contributed by atoms with Gasteiger partial charge in [0.25, 0.3) is 0 Å². The molecule has 1 aromatic carbocycles. The predicted octanol–water partition coefficient (Wildman–Crippen LogP) is 2.26. The van der Waals surface area contributed by atoms with E-state index in [9.17, 15) is 4.79 Å². The van der Waals surface area contributed by atoms with E-state index in [1.165, 1.54) is 5.56 Å². The van der Waals surface area contributed by atoms with Crippen molar-refractivity contribution in [2.24, 2.45) is 5.92 Å². The Balaban J connectivity index is 2.57. The van der Waals surface area contributed by atoms with Crippen LogP contribution in [0.5, 0.6) is 5.75 Å². The lowest BCUT2D eigenvalue weighted by atomic mass is 10.1. The largest absolute Gasteiger partial charge is 0.493 e. The summed E-state index contributed by atoms with van der Waals surface area (Å²) in [6.07, 6.45) is 0.378. The summed E-state index contributed by atoms with van der Waals surface area (Å²) in [5, 5.41) is 6.01. The molecule has 0 fully saturated rings. The third-order valence-electron chi connectivity index (χ3n) is 2.95. The summed E-state index contributed by atoms with van der Waals surface area (Å²) in [6.45, 7) is 8.61. The molecule has 0 aliphatic carbocycles. The van der Waals surface area contributed by atoms with Gasteiger partial charge >= 0.3 is 0 Å². The van der Waals surface area contributed by atoms with Crippen molar-refractivity contribution in [2.75, 3.05) is 20.2 Å². The highest BCUT2D eigenvalue weighted by Gasteiger charge is 2.06. The molecule has 1 aromatic rings. The molecular formula is C16H26N2O2. The fourth-order valence-electron chi connectivity index (χ4n) is 1.86. The van der Waals surface area contributed by atoms with Gasteiger partial charge in [-0.05, 0) is 25.5 Å². The van der Waals surface area contributed by atoms with Gasteiger partial charge in [0.1, 0.15) is 5.75 Å². The lowest BCUT2D eigenvalue weighted by Crippen LogP contribution is -2.21. The first-order valence-corrected chi connectivity index (χ1v) is 7.16. The van der Waals surface area contributed by atoms with Gasteiger partial charge in [0, 0.05) is 19.2 Å². The molecule has 1 rings (SSSR count). The van der Waals surface area contributed by atoms with Crippen LogP contribution in [-0.2, 0) is 11.3 Å². The van der Waals surface area contributed by atoms with E-state index < -0.39 is 0 Å². The van der Waals surface area contributed by atoms with E-state index in [-0.39, 0.29) is 5.91 Å². The van der Waals surface area contributed by atoms with Gasteiger partial charge in [-0.25, -0.2) is 0 Å². The zero-order valence-electron chi connectivity index (χ0n) is 13.0. The van der Waals surface area contributed by atoms with Crippen molar-refractivity contribution in [1.82, 2.24) is 10.6 Å². The Morgan fingerprint density at radius 3 is 2.75 bits per heavy atom. The van der Waals surface area contributed by atoms with Crippen molar-refractivity contribution in [3.8, 4) is 5.75 Å². The molecule has 20 heavy (non-hydrogen) atoms. The van der Waals surface area contributed by atoms with Crippen molar-refractivity contribution >= 4 is 5.91 Å². The molecule has 0 spiro atoms. The average molecular weight is 278 g/mol. The molecule has 0 aliphatic rings. The van der Waals surface area contributed by atoms with Crippen LogP contribution >= 0.6 is 0 Å². The number of hydrogen-bond donors (Lipinski definition) is 2. The minimum atomic E-state index is -0.00315. The van der Waals surface area contributed by atoms with E-state index in [2.05, 4.69) is 37.5 Å². The summed E-state index contributed by atoms with van der Waals surface area (Å²) in [5.41, 5.74) is 2.35. The Morgan fingerprint density at radius 2 is 2.10 bits per heavy atom. The van der Waals surface area contributed by atoms with Crippen LogP contribution in [0, 0.1) is 12.8 Å². The monoisotopic (exact) mass is 278 g/mol. The number of carbonyl (C=O) groups excluding carboxylic acids is 1. The number of rotatable bonds is 8. The Bertz CT molecular complexity index is 430. The average Bonchev–Trinajstić information content (AvgIpc) is 2.40. The molecule has 0 saturated heterocycles. The Labute approximate surface area is 121 Å². The first-order chi connectivity index (χ1) is 9.52. The molecular weight excluding hydrogens is 252 g/mol. The van der Waals surface area contributed by atoms with Crippen LogP contribution in [-0.4, -0.2) is 26.1 Å². The maximum absolute atomic E-state index is 11.2. The van der Waals surface area contributed by atoms with Crippen LogP contribution in [0.1, 0.15) is 31.4 Å². The molecule has 0 atom stereocenters. The second-order valence-electron chi connectivity index (χ2n) is 5.41. The van der Waals surface area contributed by atoms with Gasteiger partial charge in [-0.3, -0.25) is 4.79 Å². The highest BCUT2D eigenvalue weighted by molar-refractivity contribution is 5.75. The molecule has 0 aliphatic heterocycles. The van der Waals surface area contributed by atoms with Gasteiger partial charge in [-0.1, -0.05) is 31.5 Å². The van der Waals surface area contributed by atoms with E-state index in [0.29, 0.717) is 18.9 Å². The van der Waals surface area contributed by atoms with Gasteiger partial charge in [-0.15, -0.1) is 0 Å². The molecule has 1 amide bonds. The van der Waals surface area contributed by atoms with Crippen LogP contribution in [0.3, 0.4) is 0 Å². The third-order valence-corrected chi connectivity index (χ3v) is 2.95. The SMILES string of the molecule is CNC(=O)CCOc1ccc(C)cc1CNCC(C)C. The van der Waals surface area contributed by atoms with Crippen molar-refractivity contribution in [2.45, 2.75) is 33.7 Å². The van der Waals surface area contributed by atoms with Crippen LogP contribution in [0.2, 0.25) is 0 Å². The lowest BCUT2D eigenvalue weighted by Gasteiger charge is -2.14. The van der Waals surface area contributed by atoms with Crippen LogP contribution in [0.4, 0.5) is 0 Å². The van der Waals surface area contributed by atoms with Gasteiger partial charge in [0.2, 0.25) is 5.91 Å². The fraction of sp³-hybridized carbons (Fsp3) is 0.562. The second kappa shape index (κ2) is 8.59. The molecule has 4 nitrogen and oxygen atoms in total. The Morgan fingerprint density at radius 1 is 1.35 bits per heavy atom. The maximum atomic E-state index is 11.2. The number of ether oxygens (including phenoxy) is 1. The molecule has 0 saturated carbocycles. The first kappa shape index (κ1) is 16.5. The van der Waals surface area contributed by atoms with Crippen molar-refractivity contribution < 1.29 is 9.53 Å². The van der Waals surface area contributed by atoms with Crippen LogP contribution < -0.4 is 15.4 Å². The highest BCUT2D eigenvalue weighted by atomic mass is 16.5. The summed E-state index contributed by atoms with van der Waals surface area (Å²) < 4.78 is 5.72. The zero-order valence-corrected chi connectivity index (χ0v) is 13.0. The van der Waals surface area contributed by atoms with Gasteiger partial charge in [0.15, 0.2) is 0 Å². The first-order valence-electron chi connectivity index (χ1n) is 7.16. The van der Waals surface area contributed by atoms with Crippen molar-refractivity contribution in [1.29, 1.82) is 0 Å². The van der Waals surface area contributed by atoms with E-state index in [1.54, 1.807) is 7.05 Å². The summed E-state index contributed by atoms with van der Waals surface area (Å²) in [7, 11) is 1.63. The summed E-state index contributed by atoms with van der Waals surface area (Å²) in [5.74, 6) is 1.48. The van der Waals surface area contributed by atoms with E-state index in [0.717, 1.165) is 24.4 Å². The van der Waals surface area contributed by atoms with Crippen molar-refractivity contribution in [3.05, 3.63) is 29.3 Å². The topological polar surface area (TPSA) is 50.4 Å². The quantitative estimate of drug-likeness (QED) is 0.767. The van der Waals surface area contributed by atoms with Crippen LogP contribution in [0.25, 0.3) is 0 Å². The maximum Gasteiger partial charge on any atom is 0.223 e. The molecule has 0 bridgehead atoms. The third kappa shape index (κ3) is 6.06. The molecule has 112 valence electrons. The highest BCUT2D eigenvalue weighted by Crippen LogP contribution is 2.20. The van der Waals surface area contributed by atoms with E-state index >= 15 is 0 Å². The predicted molar refractivity (Wildman–Crippen MR) is 81.9 cm³/mol. The number of benzene rings is 1. The number of carbonyl (C=O) groups is 1. The zero-order chi connectivity index (χ0) is 15.0. The standard InChI is InChI=1S/C16H26N2O2/c1-12(2)10-18-11-14-9-13(3)5-6-15(14)20-8-7-16(19)17-4/h5-6,9,12,18H,7-8,10-11H2,1-4H3,(H,17,19). The van der Waals surface area contributed by atoms with Gasteiger partial charge < -0.3 is 15.4 Å². The molecule has 4 heteroatoms. The summed E-state index contributed by atoms with van der Waals surface area (Å²) >= 11 is 0. The number of amides is 1. The lowest BCUT2D eigenvalue weighted by molar-refractivity contribution is -0.121. The molecule has 0 radical (unpaired) electrons. The number of hydrogen-bond acceptors (Lipinski definition) is 3. The van der Waals surface area contributed by atoms with Gasteiger partial charge in [-0.2, -0.15) is 0 Å². The minimum Gasteiger partial charge on any atom is -0.493 e. The Hall–Kier alpha value is -1.55. The molecule has 0 heterocycles. The molecule has 0 aromatic heterocycles. The smallest absolute Gasteiger partial charge is 0.223 e. The second-order valence-corrected chi connectivity index (χ2v) is 5.41. The minimum absolute atomic E-state index is 0.00315. The summed E-state index contributed by atoms with van der Waals surface area (Å²) in [6, 6.07) is 6.13.